The van der Waals surface area contributed by atoms with E-state index in [-0.39, 0.29) is 6.04 Å². The molecule has 0 bridgehead atoms. The zero-order chi connectivity index (χ0) is 8.97. The minimum Gasteiger partial charge on any atom is -0.494 e. The molecule has 66 valence electrons. The van der Waals surface area contributed by atoms with Crippen molar-refractivity contribution in [3.8, 4) is 5.75 Å². The molecule has 0 aromatic heterocycles. The highest BCUT2D eigenvalue weighted by Gasteiger charge is 1.99. The van der Waals surface area contributed by atoms with E-state index in [0.29, 0.717) is 6.61 Å². The summed E-state index contributed by atoms with van der Waals surface area (Å²) in [5, 5.41) is 0. The normalized spacial score (nSPS) is 12.6. The lowest BCUT2D eigenvalue weighted by Gasteiger charge is -2.08. The minimum absolute atomic E-state index is 0.0745. The van der Waals surface area contributed by atoms with Crippen molar-refractivity contribution in [1.29, 1.82) is 0 Å². The molecule has 0 heterocycles. The van der Waals surface area contributed by atoms with Crippen molar-refractivity contribution in [2.24, 2.45) is 5.73 Å². The van der Waals surface area contributed by atoms with Crippen LogP contribution in [0.5, 0.6) is 5.75 Å². The molecule has 0 amide bonds. The molecule has 0 saturated carbocycles. The Bertz CT molecular complexity index is 245. The fourth-order valence-corrected chi connectivity index (χ4v) is 1.05. The van der Waals surface area contributed by atoms with Crippen LogP contribution in [0.3, 0.4) is 0 Å². The molecule has 0 spiro atoms. The molecular formula is C10H15NO. The maximum Gasteiger partial charge on any atom is 0.119 e. The Labute approximate surface area is 73.3 Å². The summed E-state index contributed by atoms with van der Waals surface area (Å²) in [5.41, 5.74) is 6.84. The summed E-state index contributed by atoms with van der Waals surface area (Å²) in [6, 6.07) is 7.96. The van der Waals surface area contributed by atoms with Crippen LogP contribution in [0.2, 0.25) is 0 Å². The third-order valence-corrected chi connectivity index (χ3v) is 1.69. The van der Waals surface area contributed by atoms with Crippen LogP contribution in [0.25, 0.3) is 0 Å². The number of rotatable bonds is 3. The van der Waals surface area contributed by atoms with Crippen LogP contribution >= 0.6 is 0 Å². The molecule has 0 fully saturated rings. The second-order valence-corrected chi connectivity index (χ2v) is 2.79. The largest absolute Gasteiger partial charge is 0.494 e. The molecule has 0 saturated heterocycles. The van der Waals surface area contributed by atoms with Crippen LogP contribution in [-0.4, -0.2) is 6.61 Å². The molecule has 2 heteroatoms. The monoisotopic (exact) mass is 165 g/mol. The Kier molecular flexibility index (Phi) is 3.11. The fraction of sp³-hybridized carbons (Fsp3) is 0.400. The number of benzene rings is 1. The van der Waals surface area contributed by atoms with E-state index in [9.17, 15) is 0 Å². The summed E-state index contributed by atoms with van der Waals surface area (Å²) >= 11 is 0. The average Bonchev–Trinajstić information content (AvgIpc) is 2.05. The Balaban J connectivity index is 2.81. The maximum absolute atomic E-state index is 5.72. The predicted octanol–water partition coefficient (Wildman–Crippen LogP) is 2.10. The van der Waals surface area contributed by atoms with E-state index in [1.54, 1.807) is 0 Å². The number of nitrogens with two attached hydrogens (primary N) is 1. The first-order valence-corrected chi connectivity index (χ1v) is 4.22. The number of hydrogen-bond acceptors (Lipinski definition) is 2. The first-order chi connectivity index (χ1) is 5.74. The summed E-state index contributed by atoms with van der Waals surface area (Å²) in [4.78, 5) is 0. The van der Waals surface area contributed by atoms with Gasteiger partial charge in [0.2, 0.25) is 0 Å². The molecule has 0 unspecified atom stereocenters. The molecule has 0 radical (unpaired) electrons. The van der Waals surface area contributed by atoms with Gasteiger partial charge in [-0.1, -0.05) is 12.1 Å². The van der Waals surface area contributed by atoms with E-state index in [1.165, 1.54) is 0 Å². The van der Waals surface area contributed by atoms with Crippen molar-refractivity contribution in [1.82, 2.24) is 0 Å². The van der Waals surface area contributed by atoms with Crippen LogP contribution in [0.1, 0.15) is 25.5 Å². The molecule has 2 N–H and O–H groups in total. The molecule has 1 aromatic rings. The highest BCUT2D eigenvalue weighted by molar-refractivity contribution is 5.29. The quantitative estimate of drug-likeness (QED) is 0.744. The zero-order valence-electron chi connectivity index (χ0n) is 7.58. The second-order valence-electron chi connectivity index (χ2n) is 2.79. The van der Waals surface area contributed by atoms with Gasteiger partial charge in [0.1, 0.15) is 5.75 Å². The van der Waals surface area contributed by atoms with Gasteiger partial charge in [-0.2, -0.15) is 0 Å². The average molecular weight is 165 g/mol. The smallest absolute Gasteiger partial charge is 0.119 e. The van der Waals surface area contributed by atoms with Crippen molar-refractivity contribution >= 4 is 0 Å². The third-order valence-electron chi connectivity index (χ3n) is 1.69. The number of ether oxygens (including phenoxy) is 1. The summed E-state index contributed by atoms with van der Waals surface area (Å²) in [7, 11) is 0. The predicted molar refractivity (Wildman–Crippen MR) is 50.2 cm³/mol. The number of hydrogen-bond donors (Lipinski definition) is 1. The minimum atomic E-state index is 0.0745. The molecule has 0 aliphatic heterocycles. The highest BCUT2D eigenvalue weighted by Crippen LogP contribution is 2.17. The molecular weight excluding hydrogens is 150 g/mol. The van der Waals surface area contributed by atoms with Gasteiger partial charge in [-0.3, -0.25) is 0 Å². The topological polar surface area (TPSA) is 35.2 Å². The van der Waals surface area contributed by atoms with Crippen molar-refractivity contribution in [2.75, 3.05) is 6.61 Å². The van der Waals surface area contributed by atoms with Crippen molar-refractivity contribution < 1.29 is 4.74 Å². The zero-order valence-corrected chi connectivity index (χ0v) is 7.58. The first kappa shape index (κ1) is 9.07. The molecule has 1 atom stereocenters. The van der Waals surface area contributed by atoms with E-state index in [4.69, 9.17) is 10.5 Å². The van der Waals surface area contributed by atoms with Gasteiger partial charge in [0, 0.05) is 6.04 Å². The third kappa shape index (κ3) is 2.24. The Morgan fingerprint density at radius 3 is 2.83 bits per heavy atom. The van der Waals surface area contributed by atoms with Gasteiger partial charge in [0.25, 0.3) is 0 Å². The van der Waals surface area contributed by atoms with Gasteiger partial charge in [0.15, 0.2) is 0 Å². The maximum atomic E-state index is 5.72. The van der Waals surface area contributed by atoms with E-state index < -0.39 is 0 Å². The second kappa shape index (κ2) is 4.12. The van der Waals surface area contributed by atoms with Crippen LogP contribution in [0.4, 0.5) is 0 Å². The molecule has 1 rings (SSSR count). The van der Waals surface area contributed by atoms with Gasteiger partial charge in [-0.15, -0.1) is 0 Å². The Morgan fingerprint density at radius 2 is 2.25 bits per heavy atom. The van der Waals surface area contributed by atoms with Crippen molar-refractivity contribution in [3.63, 3.8) is 0 Å². The lowest BCUT2D eigenvalue weighted by atomic mass is 10.1. The standard InChI is InChI=1S/C10H15NO/c1-3-12-10-6-4-5-9(7-10)8(2)11/h4-8H,3,11H2,1-2H3/t8-/m1/s1. The Morgan fingerprint density at radius 1 is 1.50 bits per heavy atom. The molecule has 0 aliphatic carbocycles. The Hall–Kier alpha value is -1.02. The lowest BCUT2D eigenvalue weighted by Crippen LogP contribution is -2.04. The summed E-state index contributed by atoms with van der Waals surface area (Å²) in [6.07, 6.45) is 0. The van der Waals surface area contributed by atoms with Gasteiger partial charge in [-0.25, -0.2) is 0 Å². The van der Waals surface area contributed by atoms with Crippen LogP contribution < -0.4 is 10.5 Å². The van der Waals surface area contributed by atoms with Crippen LogP contribution in [0, 0.1) is 0 Å². The highest BCUT2D eigenvalue weighted by atomic mass is 16.5. The van der Waals surface area contributed by atoms with Crippen molar-refractivity contribution in [2.45, 2.75) is 19.9 Å². The van der Waals surface area contributed by atoms with Crippen LogP contribution in [0.15, 0.2) is 24.3 Å². The van der Waals surface area contributed by atoms with E-state index in [2.05, 4.69) is 0 Å². The summed E-state index contributed by atoms with van der Waals surface area (Å²) in [6.45, 7) is 4.63. The molecule has 12 heavy (non-hydrogen) atoms. The molecule has 1 aromatic carbocycles. The van der Waals surface area contributed by atoms with E-state index in [0.717, 1.165) is 11.3 Å². The summed E-state index contributed by atoms with van der Waals surface area (Å²) < 4.78 is 5.34. The molecule has 2 nitrogen and oxygen atoms in total. The SMILES string of the molecule is CCOc1cccc([C@@H](C)N)c1. The van der Waals surface area contributed by atoms with E-state index in [1.807, 2.05) is 38.1 Å². The first-order valence-electron chi connectivity index (χ1n) is 4.22. The lowest BCUT2D eigenvalue weighted by molar-refractivity contribution is 0.339. The summed E-state index contributed by atoms with van der Waals surface area (Å²) in [5.74, 6) is 0.896. The molecule has 0 aliphatic rings. The van der Waals surface area contributed by atoms with Gasteiger partial charge in [0.05, 0.1) is 6.61 Å². The van der Waals surface area contributed by atoms with E-state index >= 15 is 0 Å². The fourth-order valence-electron chi connectivity index (χ4n) is 1.05. The van der Waals surface area contributed by atoms with Gasteiger partial charge < -0.3 is 10.5 Å². The van der Waals surface area contributed by atoms with Gasteiger partial charge >= 0.3 is 0 Å². The van der Waals surface area contributed by atoms with Crippen molar-refractivity contribution in [3.05, 3.63) is 29.8 Å². The van der Waals surface area contributed by atoms with Crippen LogP contribution in [-0.2, 0) is 0 Å². The van der Waals surface area contributed by atoms with Gasteiger partial charge in [-0.05, 0) is 31.5 Å².